The van der Waals surface area contributed by atoms with Gasteiger partial charge in [0.05, 0.1) is 18.7 Å². The largest absolute Gasteiger partial charge is 0.463 e. The molecule has 0 unspecified atom stereocenters. The van der Waals surface area contributed by atoms with Crippen LogP contribution in [0, 0.1) is 11.3 Å². The number of piperidine rings is 1. The number of esters is 1. The predicted octanol–water partition coefficient (Wildman–Crippen LogP) is 4.70. The van der Waals surface area contributed by atoms with E-state index in [1.165, 1.54) is 19.3 Å². The molecule has 0 spiro atoms. The first-order chi connectivity index (χ1) is 16.9. The molecular formula is C29H51N3O4. The second-order valence-electron chi connectivity index (χ2n) is 12.1. The molecule has 0 aromatic heterocycles. The third-order valence-electron chi connectivity index (χ3n) is 7.79. The summed E-state index contributed by atoms with van der Waals surface area (Å²) in [6.45, 7) is 14.8. The molecule has 3 atom stereocenters. The fraction of sp³-hybridized carbons (Fsp3) is 0.828. The number of hydrogen-bond donors (Lipinski definition) is 1. The second kappa shape index (κ2) is 13.6. The number of likely N-dealkylation sites (tertiary alicyclic amines) is 1. The monoisotopic (exact) mass is 505 g/mol. The summed E-state index contributed by atoms with van der Waals surface area (Å²) in [5.41, 5.74) is 0.0177. The highest BCUT2D eigenvalue weighted by Gasteiger charge is 2.40. The highest BCUT2D eigenvalue weighted by Crippen LogP contribution is 2.30. The molecule has 206 valence electrons. The molecule has 1 N–H and O–H groups in total. The molecule has 7 nitrogen and oxygen atoms in total. The van der Waals surface area contributed by atoms with Crippen LogP contribution < -0.4 is 5.32 Å². The topological polar surface area (TPSA) is 79.0 Å². The lowest BCUT2D eigenvalue weighted by atomic mass is 9.84. The molecule has 2 rings (SSSR count). The molecule has 0 bridgehead atoms. The number of nitrogens with zero attached hydrogens (tertiary/aromatic N) is 2. The van der Waals surface area contributed by atoms with Crippen molar-refractivity contribution in [1.82, 2.24) is 15.1 Å². The minimum Gasteiger partial charge on any atom is -0.463 e. The van der Waals surface area contributed by atoms with Crippen LogP contribution in [-0.2, 0) is 19.1 Å². The Bertz CT molecular complexity index is 780. The van der Waals surface area contributed by atoms with Crippen molar-refractivity contribution in [3.05, 3.63) is 11.6 Å². The van der Waals surface area contributed by atoms with E-state index in [2.05, 4.69) is 10.2 Å². The van der Waals surface area contributed by atoms with Gasteiger partial charge in [0.1, 0.15) is 6.04 Å². The van der Waals surface area contributed by atoms with Crippen molar-refractivity contribution < 1.29 is 19.1 Å². The summed E-state index contributed by atoms with van der Waals surface area (Å²) in [6.07, 6.45) is 10.9. The molecule has 0 radical (unpaired) electrons. The molecule has 7 heteroatoms. The summed E-state index contributed by atoms with van der Waals surface area (Å²) in [6, 6.07) is -0.654. The van der Waals surface area contributed by atoms with Crippen LogP contribution in [0.2, 0.25) is 0 Å². The van der Waals surface area contributed by atoms with Crippen LogP contribution in [0.15, 0.2) is 11.6 Å². The molecule has 1 heterocycles. The third-order valence-corrected chi connectivity index (χ3v) is 7.79. The number of nitrogens with one attached hydrogen (secondary N) is 1. The van der Waals surface area contributed by atoms with E-state index in [1.54, 1.807) is 25.8 Å². The minimum atomic E-state index is -0.664. The van der Waals surface area contributed by atoms with E-state index in [9.17, 15) is 14.4 Å². The molecular weight excluding hydrogens is 454 g/mol. The number of likely N-dealkylation sites (N-methyl/N-ethyl adjacent to an activating group) is 1. The van der Waals surface area contributed by atoms with Crippen LogP contribution in [-0.4, -0.2) is 72.0 Å². The number of carbonyl (C=O) groups excluding carboxylic acids is 3. The Hall–Kier alpha value is -1.89. The van der Waals surface area contributed by atoms with Crippen molar-refractivity contribution in [2.24, 2.45) is 11.3 Å². The number of hydrogen-bond acceptors (Lipinski definition) is 5. The quantitative estimate of drug-likeness (QED) is 0.363. The number of amides is 2. The van der Waals surface area contributed by atoms with Gasteiger partial charge in [0.25, 0.3) is 0 Å². The Labute approximate surface area is 219 Å². The van der Waals surface area contributed by atoms with Crippen LogP contribution in [0.1, 0.15) is 99.8 Å². The van der Waals surface area contributed by atoms with Crippen LogP contribution in [0.5, 0.6) is 0 Å². The van der Waals surface area contributed by atoms with Crippen molar-refractivity contribution in [2.75, 3.05) is 20.2 Å². The van der Waals surface area contributed by atoms with Gasteiger partial charge in [-0.15, -0.1) is 0 Å². The molecule has 1 saturated carbocycles. The lowest BCUT2D eigenvalue weighted by Gasteiger charge is -2.43. The Morgan fingerprint density at radius 1 is 1.06 bits per heavy atom. The number of ether oxygens (including phenoxy) is 1. The maximum Gasteiger partial charge on any atom is 0.333 e. The fourth-order valence-corrected chi connectivity index (χ4v) is 5.64. The van der Waals surface area contributed by atoms with Crippen LogP contribution in [0.25, 0.3) is 0 Å². The van der Waals surface area contributed by atoms with Gasteiger partial charge in [-0.25, -0.2) is 4.79 Å². The smallest absolute Gasteiger partial charge is 0.333 e. The first-order valence-corrected chi connectivity index (χ1v) is 14.1. The number of rotatable bonds is 9. The van der Waals surface area contributed by atoms with Gasteiger partial charge in [-0.1, -0.05) is 66.4 Å². The van der Waals surface area contributed by atoms with Crippen LogP contribution >= 0.6 is 0 Å². The van der Waals surface area contributed by atoms with E-state index in [1.807, 2.05) is 40.7 Å². The maximum absolute atomic E-state index is 13.9. The summed E-state index contributed by atoms with van der Waals surface area (Å²) < 4.78 is 5.13. The van der Waals surface area contributed by atoms with Gasteiger partial charge in [-0.05, 0) is 57.4 Å². The van der Waals surface area contributed by atoms with Gasteiger partial charge in [-0.3, -0.25) is 14.5 Å². The van der Waals surface area contributed by atoms with Gasteiger partial charge in [-0.2, -0.15) is 0 Å². The summed E-state index contributed by atoms with van der Waals surface area (Å²) in [5, 5.41) is 3.18. The Kier molecular flexibility index (Phi) is 11.5. The third kappa shape index (κ3) is 8.06. The molecule has 1 aliphatic heterocycles. The van der Waals surface area contributed by atoms with Crippen molar-refractivity contribution in [3.8, 4) is 0 Å². The van der Waals surface area contributed by atoms with E-state index in [0.717, 1.165) is 38.6 Å². The fourth-order valence-electron chi connectivity index (χ4n) is 5.64. The molecule has 1 aliphatic carbocycles. The van der Waals surface area contributed by atoms with Crippen molar-refractivity contribution in [3.63, 3.8) is 0 Å². The van der Waals surface area contributed by atoms with Crippen molar-refractivity contribution in [1.29, 1.82) is 0 Å². The molecule has 2 aliphatic rings. The van der Waals surface area contributed by atoms with E-state index < -0.39 is 11.5 Å². The zero-order chi connectivity index (χ0) is 27.0. The minimum absolute atomic E-state index is 0.0266. The van der Waals surface area contributed by atoms with E-state index in [4.69, 9.17) is 4.74 Å². The zero-order valence-electron chi connectivity index (χ0n) is 24.1. The normalized spacial score (nSPS) is 22.1. The molecule has 0 aromatic carbocycles. The molecule has 36 heavy (non-hydrogen) atoms. The van der Waals surface area contributed by atoms with Gasteiger partial charge in [0, 0.05) is 18.7 Å². The molecule has 2 amide bonds. The Balaban J connectivity index is 2.23. The van der Waals surface area contributed by atoms with Crippen LogP contribution in [0.3, 0.4) is 0 Å². The van der Waals surface area contributed by atoms with Crippen molar-refractivity contribution >= 4 is 17.8 Å². The summed E-state index contributed by atoms with van der Waals surface area (Å²) in [5.74, 6) is -0.451. The summed E-state index contributed by atoms with van der Waals surface area (Å²) >= 11 is 0. The second-order valence-corrected chi connectivity index (χ2v) is 12.1. The van der Waals surface area contributed by atoms with E-state index >= 15 is 0 Å². The first-order valence-electron chi connectivity index (χ1n) is 14.1. The zero-order valence-corrected chi connectivity index (χ0v) is 24.1. The van der Waals surface area contributed by atoms with Gasteiger partial charge in [0.2, 0.25) is 11.8 Å². The van der Waals surface area contributed by atoms with Crippen LogP contribution in [0.4, 0.5) is 0 Å². The lowest BCUT2D eigenvalue weighted by molar-refractivity contribution is -0.142. The molecule has 2 fully saturated rings. The first kappa shape index (κ1) is 30.3. The molecule has 0 aromatic rings. The van der Waals surface area contributed by atoms with E-state index in [-0.39, 0.29) is 35.8 Å². The highest BCUT2D eigenvalue weighted by atomic mass is 16.5. The summed E-state index contributed by atoms with van der Waals surface area (Å²) in [7, 11) is 1.77. The van der Waals surface area contributed by atoms with Gasteiger partial charge < -0.3 is 15.0 Å². The van der Waals surface area contributed by atoms with Gasteiger partial charge in [0.15, 0.2) is 0 Å². The van der Waals surface area contributed by atoms with Crippen molar-refractivity contribution in [2.45, 2.75) is 124 Å². The predicted molar refractivity (Wildman–Crippen MR) is 144 cm³/mol. The SMILES string of the molecule is CCOC(=O)/C(C)=C/[C@H](C(C)C)N(C)C(=O)[C@@H](NC(=O)[C@H]1CCCCN1C1CCCCC1)C(C)(C)C. The Morgan fingerprint density at radius 2 is 1.67 bits per heavy atom. The highest BCUT2D eigenvalue weighted by molar-refractivity contribution is 5.91. The summed E-state index contributed by atoms with van der Waals surface area (Å²) in [4.78, 5) is 43.9. The lowest BCUT2D eigenvalue weighted by Crippen LogP contribution is -2.61. The van der Waals surface area contributed by atoms with E-state index in [0.29, 0.717) is 18.2 Å². The Morgan fingerprint density at radius 3 is 2.22 bits per heavy atom. The standard InChI is InChI=1S/C29H51N3O4/c1-9-36-28(35)21(4)19-24(20(2)3)31(8)27(34)25(29(5,6)7)30-26(33)23-17-13-14-18-32(23)22-15-11-10-12-16-22/h19-20,22-25H,9-18H2,1-8H3,(H,30,33)/b21-19+/t23-,24-,25-/m1/s1. The maximum atomic E-state index is 13.9. The van der Waals surface area contributed by atoms with Gasteiger partial charge >= 0.3 is 5.97 Å². The average molecular weight is 506 g/mol. The number of carbonyl (C=O) groups is 3. The molecule has 1 saturated heterocycles. The average Bonchev–Trinajstić information content (AvgIpc) is 2.84.